The van der Waals surface area contributed by atoms with Crippen LogP contribution >= 0.6 is 0 Å². The smallest absolute Gasteiger partial charge is 0.326 e. The first kappa shape index (κ1) is 31.4. The van der Waals surface area contributed by atoms with Crippen molar-refractivity contribution in [3.8, 4) is 0 Å². The van der Waals surface area contributed by atoms with Crippen molar-refractivity contribution in [1.29, 1.82) is 0 Å². The molecule has 2 atom stereocenters. The van der Waals surface area contributed by atoms with Gasteiger partial charge in [0.1, 0.15) is 11.7 Å². The van der Waals surface area contributed by atoms with E-state index in [-0.39, 0.29) is 53.9 Å². The molecule has 3 aromatic heterocycles. The molecule has 0 fully saturated rings. The van der Waals surface area contributed by atoms with Crippen LogP contribution in [-0.4, -0.2) is 84.7 Å². The van der Waals surface area contributed by atoms with Gasteiger partial charge in [-0.3, -0.25) is 28.1 Å². The van der Waals surface area contributed by atoms with Crippen LogP contribution in [-0.2, 0) is 16.1 Å². The summed E-state index contributed by atoms with van der Waals surface area (Å²) in [6, 6.07) is 6.05. The monoisotopic (exact) mass is 617 g/mol. The predicted octanol–water partition coefficient (Wildman–Crippen LogP) is 1.47. The van der Waals surface area contributed by atoms with Gasteiger partial charge in [-0.15, -0.1) is 0 Å². The van der Waals surface area contributed by atoms with Crippen LogP contribution in [0.4, 0.5) is 0 Å². The lowest BCUT2D eigenvalue weighted by molar-refractivity contribution is -0.130. The normalized spacial score (nSPS) is 18.7. The molecule has 4 aromatic rings. The number of fused-ring (bicyclic) bond motifs is 2. The number of nitrogens with one attached hydrogen (secondary N) is 4. The number of carbonyl (C=O) groups excluding carboxylic acids is 4. The van der Waals surface area contributed by atoms with Crippen molar-refractivity contribution in [2.24, 2.45) is 5.92 Å². The standard InChI is InChI=1S/C31H39N9O5/c1-3-20(2)26-28(43)33-12-7-17-40-24-18-21(9-10-22(24)36-31(40)45)27(42)32-11-5-15-38(14-4-8-25(41)37-26)29(44)23-19-39-16-6-13-34-30(39)35-23/h6,9-10,13,16,18-20,26H,3-5,7-8,11-12,14-15,17H2,1-2H3,(H,32,42)(H,33,43)(H,36,45)(H,37,41)/t20-,26-/m0/s1. The van der Waals surface area contributed by atoms with E-state index in [1.807, 2.05) is 13.8 Å². The Morgan fingerprint density at radius 2 is 1.82 bits per heavy atom. The number of hydrogen-bond acceptors (Lipinski definition) is 7. The zero-order valence-electron chi connectivity index (χ0n) is 25.5. The number of benzene rings is 1. The number of aromatic amines is 1. The molecule has 238 valence electrons. The molecule has 1 aromatic carbocycles. The fraction of sp³-hybridized carbons (Fsp3) is 0.452. The van der Waals surface area contributed by atoms with Gasteiger partial charge >= 0.3 is 5.69 Å². The van der Waals surface area contributed by atoms with E-state index in [9.17, 15) is 24.0 Å². The maximum absolute atomic E-state index is 13.5. The molecule has 4 heterocycles. The quantitative estimate of drug-likeness (QED) is 0.269. The third-order valence-corrected chi connectivity index (χ3v) is 8.17. The Morgan fingerprint density at radius 1 is 1.04 bits per heavy atom. The van der Waals surface area contributed by atoms with E-state index in [1.54, 1.807) is 56.7 Å². The highest BCUT2D eigenvalue weighted by Gasteiger charge is 2.26. The van der Waals surface area contributed by atoms with Crippen LogP contribution < -0.4 is 21.6 Å². The second-order valence-electron chi connectivity index (χ2n) is 11.3. The van der Waals surface area contributed by atoms with Crippen molar-refractivity contribution in [3.05, 3.63) is 64.6 Å². The number of amides is 4. The molecule has 0 radical (unpaired) electrons. The van der Waals surface area contributed by atoms with Gasteiger partial charge in [-0.1, -0.05) is 20.3 Å². The third kappa shape index (κ3) is 7.39. The van der Waals surface area contributed by atoms with Gasteiger partial charge in [-0.05, 0) is 49.4 Å². The largest absolute Gasteiger partial charge is 0.354 e. The summed E-state index contributed by atoms with van der Waals surface area (Å²) in [5.41, 5.74) is 1.53. The van der Waals surface area contributed by atoms with Crippen LogP contribution in [0.3, 0.4) is 0 Å². The van der Waals surface area contributed by atoms with Gasteiger partial charge in [-0.25, -0.2) is 14.8 Å². The Labute approximate surface area is 259 Å². The summed E-state index contributed by atoms with van der Waals surface area (Å²) in [6.45, 7) is 5.40. The van der Waals surface area contributed by atoms with E-state index in [4.69, 9.17) is 0 Å². The topological polar surface area (TPSA) is 176 Å². The number of imidazole rings is 2. The number of aromatic nitrogens is 5. The molecule has 0 aliphatic carbocycles. The van der Waals surface area contributed by atoms with Gasteiger partial charge in [0.25, 0.3) is 11.8 Å². The average molecular weight is 618 g/mol. The molecule has 0 saturated carbocycles. The van der Waals surface area contributed by atoms with Crippen LogP contribution in [0, 0.1) is 5.92 Å². The zero-order valence-corrected chi connectivity index (χ0v) is 25.5. The van der Waals surface area contributed by atoms with E-state index in [2.05, 4.69) is 30.9 Å². The summed E-state index contributed by atoms with van der Waals surface area (Å²) in [7, 11) is 0. The number of aryl methyl sites for hydroxylation is 1. The van der Waals surface area contributed by atoms with Gasteiger partial charge in [0.05, 0.1) is 11.0 Å². The summed E-state index contributed by atoms with van der Waals surface area (Å²) in [5.74, 6) is -0.872. The Hall–Kier alpha value is -5.01. The van der Waals surface area contributed by atoms with Crippen molar-refractivity contribution in [2.75, 3.05) is 26.2 Å². The summed E-state index contributed by atoms with van der Waals surface area (Å²) in [5, 5.41) is 8.68. The zero-order chi connectivity index (χ0) is 31.9. The molecule has 0 spiro atoms. The van der Waals surface area contributed by atoms with Crippen molar-refractivity contribution in [3.63, 3.8) is 0 Å². The number of hydrogen-bond donors (Lipinski definition) is 4. The lowest BCUT2D eigenvalue weighted by atomic mass is 9.98. The molecule has 1 aliphatic heterocycles. The second-order valence-corrected chi connectivity index (χ2v) is 11.3. The summed E-state index contributed by atoms with van der Waals surface area (Å²) >= 11 is 0. The fourth-order valence-corrected chi connectivity index (χ4v) is 5.44. The molecular formula is C31H39N9O5. The molecule has 0 unspecified atom stereocenters. The van der Waals surface area contributed by atoms with Crippen molar-refractivity contribution in [2.45, 2.75) is 58.5 Å². The summed E-state index contributed by atoms with van der Waals surface area (Å²) in [6.07, 6.45) is 7.09. The highest BCUT2D eigenvalue weighted by molar-refractivity contribution is 5.97. The molecular weight excluding hydrogens is 578 g/mol. The Morgan fingerprint density at radius 3 is 2.62 bits per heavy atom. The highest BCUT2D eigenvalue weighted by atomic mass is 16.2. The minimum atomic E-state index is -0.713. The lowest BCUT2D eigenvalue weighted by Crippen LogP contribution is -2.50. The van der Waals surface area contributed by atoms with Crippen LogP contribution in [0.15, 0.2) is 47.7 Å². The van der Waals surface area contributed by atoms with E-state index in [1.165, 1.54) is 0 Å². The van der Waals surface area contributed by atoms with E-state index < -0.39 is 6.04 Å². The first-order valence-electron chi connectivity index (χ1n) is 15.4. The van der Waals surface area contributed by atoms with Crippen LogP contribution in [0.5, 0.6) is 0 Å². The van der Waals surface area contributed by atoms with Crippen LogP contribution in [0.2, 0.25) is 0 Å². The lowest BCUT2D eigenvalue weighted by Gasteiger charge is -2.24. The Bertz CT molecular complexity index is 1720. The van der Waals surface area contributed by atoms with Crippen molar-refractivity contribution in [1.82, 2.24) is 44.8 Å². The molecule has 45 heavy (non-hydrogen) atoms. The molecule has 14 heteroatoms. The molecule has 4 N–H and O–H groups in total. The number of rotatable bonds is 3. The molecule has 4 amide bonds. The van der Waals surface area contributed by atoms with Crippen molar-refractivity contribution < 1.29 is 19.2 Å². The van der Waals surface area contributed by atoms with Gasteiger partial charge in [0.15, 0.2) is 0 Å². The third-order valence-electron chi connectivity index (χ3n) is 8.17. The maximum Gasteiger partial charge on any atom is 0.326 e. The predicted molar refractivity (Wildman–Crippen MR) is 167 cm³/mol. The Kier molecular flexibility index (Phi) is 9.90. The van der Waals surface area contributed by atoms with Gasteiger partial charge in [-0.2, -0.15) is 0 Å². The van der Waals surface area contributed by atoms with Crippen LogP contribution in [0.1, 0.15) is 66.8 Å². The first-order chi connectivity index (χ1) is 21.7. The molecule has 14 nitrogen and oxygen atoms in total. The van der Waals surface area contributed by atoms with E-state index >= 15 is 0 Å². The van der Waals surface area contributed by atoms with Gasteiger partial charge in [0.2, 0.25) is 17.6 Å². The molecule has 0 saturated heterocycles. The Balaban J connectivity index is 1.37. The first-order valence-corrected chi connectivity index (χ1v) is 15.4. The average Bonchev–Trinajstić information content (AvgIpc) is 3.61. The SMILES string of the molecule is CC[C@H](C)[C@@H]1NC(=O)CCCN(C(=O)c2cn3cccnc3n2)CCCNC(=O)c2ccc3[nH]c(=O)n(c3c2)CCCNC1=O. The van der Waals surface area contributed by atoms with Gasteiger partial charge < -0.3 is 25.8 Å². The number of H-pyrrole nitrogens is 1. The molecule has 2 bridgehead atoms. The number of carbonyl (C=O) groups is 4. The fourth-order valence-electron chi connectivity index (χ4n) is 5.44. The van der Waals surface area contributed by atoms with Gasteiger partial charge in [0, 0.05) is 63.3 Å². The minimum Gasteiger partial charge on any atom is -0.354 e. The number of nitrogens with zero attached hydrogens (tertiary/aromatic N) is 5. The minimum absolute atomic E-state index is 0.100. The molecule has 1 aliphatic rings. The summed E-state index contributed by atoms with van der Waals surface area (Å²) in [4.78, 5) is 78.2. The van der Waals surface area contributed by atoms with Crippen molar-refractivity contribution >= 4 is 40.4 Å². The highest BCUT2D eigenvalue weighted by Crippen LogP contribution is 2.15. The van der Waals surface area contributed by atoms with E-state index in [0.29, 0.717) is 74.2 Å². The maximum atomic E-state index is 13.5. The molecule has 5 rings (SSSR count). The second kappa shape index (κ2) is 14.2. The summed E-state index contributed by atoms with van der Waals surface area (Å²) < 4.78 is 3.21. The van der Waals surface area contributed by atoms with Crippen LogP contribution in [0.25, 0.3) is 16.8 Å². The van der Waals surface area contributed by atoms with E-state index in [0.717, 1.165) is 0 Å².